The Bertz CT molecular complexity index is 720. The van der Waals surface area contributed by atoms with Gasteiger partial charge in [-0.2, -0.15) is 5.10 Å². The maximum atomic E-state index is 11.1. The summed E-state index contributed by atoms with van der Waals surface area (Å²) in [5, 5.41) is 24.2. The highest BCUT2D eigenvalue weighted by Crippen LogP contribution is 2.24. The van der Waals surface area contributed by atoms with Crippen LogP contribution in [-0.2, 0) is 0 Å². The number of carboxylic acids is 1. The minimum atomic E-state index is -1.25. The summed E-state index contributed by atoms with van der Waals surface area (Å²) in [4.78, 5) is 25.2. The van der Waals surface area contributed by atoms with Crippen molar-refractivity contribution in [1.29, 1.82) is 0 Å². The Balaban J connectivity index is 2.75. The Morgan fingerprint density at radius 2 is 2.00 bits per heavy atom. The SMILES string of the molecule is Cc1nn(-c2nc(C(=O)O)ccc2[N+](=O)[O-])c(C)c1C. The summed E-state index contributed by atoms with van der Waals surface area (Å²) < 4.78 is 1.30. The molecule has 0 aromatic carbocycles. The van der Waals surface area contributed by atoms with Gasteiger partial charge in [0.05, 0.1) is 10.6 Å². The summed E-state index contributed by atoms with van der Waals surface area (Å²) >= 11 is 0. The van der Waals surface area contributed by atoms with Crippen molar-refractivity contribution in [2.24, 2.45) is 0 Å². The van der Waals surface area contributed by atoms with Crippen LogP contribution < -0.4 is 0 Å². The van der Waals surface area contributed by atoms with Crippen LogP contribution in [0, 0.1) is 30.9 Å². The molecule has 20 heavy (non-hydrogen) atoms. The van der Waals surface area contributed by atoms with Crippen molar-refractivity contribution in [1.82, 2.24) is 14.8 Å². The van der Waals surface area contributed by atoms with E-state index in [9.17, 15) is 14.9 Å². The highest BCUT2D eigenvalue weighted by Gasteiger charge is 2.23. The van der Waals surface area contributed by atoms with Crippen LogP contribution in [0.25, 0.3) is 5.82 Å². The van der Waals surface area contributed by atoms with Crippen molar-refractivity contribution in [2.45, 2.75) is 20.8 Å². The van der Waals surface area contributed by atoms with Crippen LogP contribution in [0.1, 0.15) is 27.4 Å². The average Bonchev–Trinajstić information content (AvgIpc) is 2.65. The molecule has 0 aliphatic heterocycles. The molecule has 2 rings (SSSR count). The summed E-state index contributed by atoms with van der Waals surface area (Å²) in [6.07, 6.45) is 0. The molecule has 0 aliphatic carbocycles. The largest absolute Gasteiger partial charge is 0.477 e. The molecule has 8 heteroatoms. The standard InChI is InChI=1S/C12H12N4O4/c1-6-7(2)14-15(8(6)3)11-10(16(19)20)5-4-9(13-11)12(17)18/h4-5H,1-3H3,(H,17,18). The number of pyridine rings is 1. The Hall–Kier alpha value is -2.77. The Morgan fingerprint density at radius 3 is 2.45 bits per heavy atom. The summed E-state index contributed by atoms with van der Waals surface area (Å²) in [5.74, 6) is -1.34. The second-order valence-corrected chi connectivity index (χ2v) is 4.31. The van der Waals surface area contributed by atoms with E-state index < -0.39 is 10.9 Å². The summed E-state index contributed by atoms with van der Waals surface area (Å²) in [6, 6.07) is 2.22. The zero-order chi connectivity index (χ0) is 15.0. The summed E-state index contributed by atoms with van der Waals surface area (Å²) in [5.41, 5.74) is 1.71. The Kier molecular flexibility index (Phi) is 3.23. The second-order valence-electron chi connectivity index (χ2n) is 4.31. The topological polar surface area (TPSA) is 111 Å². The van der Waals surface area contributed by atoms with E-state index >= 15 is 0 Å². The maximum absolute atomic E-state index is 11.1. The third kappa shape index (κ3) is 2.11. The third-order valence-corrected chi connectivity index (χ3v) is 3.12. The second kappa shape index (κ2) is 4.72. The lowest BCUT2D eigenvalue weighted by Crippen LogP contribution is -2.10. The van der Waals surface area contributed by atoms with Gasteiger partial charge in [0.25, 0.3) is 0 Å². The van der Waals surface area contributed by atoms with Gasteiger partial charge in [-0.15, -0.1) is 0 Å². The molecule has 0 fully saturated rings. The summed E-state index contributed by atoms with van der Waals surface area (Å²) in [7, 11) is 0. The molecule has 1 N–H and O–H groups in total. The third-order valence-electron chi connectivity index (χ3n) is 3.12. The van der Waals surface area contributed by atoms with Crippen LogP contribution in [0.5, 0.6) is 0 Å². The molecule has 2 heterocycles. The number of carboxylic acid groups (broad SMARTS) is 1. The van der Waals surface area contributed by atoms with Gasteiger partial charge >= 0.3 is 11.7 Å². The number of hydrogen-bond donors (Lipinski definition) is 1. The fraction of sp³-hybridized carbons (Fsp3) is 0.250. The number of aryl methyl sites for hydroxylation is 1. The van der Waals surface area contributed by atoms with Crippen LogP contribution in [0.2, 0.25) is 0 Å². The average molecular weight is 276 g/mol. The van der Waals surface area contributed by atoms with E-state index in [2.05, 4.69) is 10.1 Å². The number of hydrogen-bond acceptors (Lipinski definition) is 5. The molecule has 104 valence electrons. The molecule has 2 aromatic rings. The van der Waals surface area contributed by atoms with Crippen molar-refractivity contribution in [3.8, 4) is 5.82 Å². The zero-order valence-electron chi connectivity index (χ0n) is 11.1. The summed E-state index contributed by atoms with van der Waals surface area (Å²) in [6.45, 7) is 5.35. The van der Waals surface area contributed by atoms with Crippen LogP contribution in [0.3, 0.4) is 0 Å². The smallest absolute Gasteiger partial charge is 0.354 e. The number of nitrogens with zero attached hydrogens (tertiary/aromatic N) is 4. The fourth-order valence-corrected chi connectivity index (χ4v) is 1.79. The number of nitro groups is 1. The van der Waals surface area contributed by atoms with E-state index in [1.54, 1.807) is 13.8 Å². The molecular formula is C12H12N4O4. The predicted octanol–water partition coefficient (Wildman–Crippen LogP) is 1.80. The number of aromatic carboxylic acids is 1. The first-order valence-corrected chi connectivity index (χ1v) is 5.75. The fourth-order valence-electron chi connectivity index (χ4n) is 1.79. The minimum Gasteiger partial charge on any atom is -0.477 e. The lowest BCUT2D eigenvalue weighted by Gasteiger charge is -2.05. The minimum absolute atomic E-state index is 0.0939. The van der Waals surface area contributed by atoms with E-state index in [4.69, 9.17) is 5.11 Å². The number of rotatable bonds is 3. The van der Waals surface area contributed by atoms with E-state index in [-0.39, 0.29) is 17.2 Å². The lowest BCUT2D eigenvalue weighted by atomic mass is 10.2. The monoisotopic (exact) mass is 276 g/mol. The van der Waals surface area contributed by atoms with Gasteiger partial charge in [0.15, 0.2) is 5.69 Å². The molecule has 0 bridgehead atoms. The molecule has 0 radical (unpaired) electrons. The van der Waals surface area contributed by atoms with Gasteiger partial charge in [-0.3, -0.25) is 10.1 Å². The van der Waals surface area contributed by atoms with Crippen molar-refractivity contribution in [3.05, 3.63) is 44.9 Å². The van der Waals surface area contributed by atoms with E-state index in [1.807, 2.05) is 6.92 Å². The first-order chi connectivity index (χ1) is 9.32. The van der Waals surface area contributed by atoms with Gasteiger partial charge in [-0.1, -0.05) is 0 Å². The molecule has 0 spiro atoms. The van der Waals surface area contributed by atoms with Crippen LogP contribution in [-0.4, -0.2) is 30.8 Å². The Morgan fingerprint density at radius 1 is 1.35 bits per heavy atom. The molecule has 0 atom stereocenters. The van der Waals surface area contributed by atoms with Crippen LogP contribution in [0.15, 0.2) is 12.1 Å². The van der Waals surface area contributed by atoms with Crippen molar-refractivity contribution in [3.63, 3.8) is 0 Å². The molecule has 2 aromatic heterocycles. The molecule has 0 amide bonds. The first-order valence-electron chi connectivity index (χ1n) is 5.75. The number of aromatic nitrogens is 3. The van der Waals surface area contributed by atoms with Crippen molar-refractivity contribution >= 4 is 11.7 Å². The lowest BCUT2D eigenvalue weighted by molar-refractivity contribution is -0.385. The molecule has 0 unspecified atom stereocenters. The molecule has 8 nitrogen and oxygen atoms in total. The van der Waals surface area contributed by atoms with E-state index in [0.717, 1.165) is 17.7 Å². The van der Waals surface area contributed by atoms with E-state index in [1.165, 1.54) is 4.68 Å². The van der Waals surface area contributed by atoms with Gasteiger partial charge < -0.3 is 5.11 Å². The normalized spacial score (nSPS) is 10.6. The predicted molar refractivity (Wildman–Crippen MR) is 69.2 cm³/mol. The van der Waals surface area contributed by atoms with Crippen LogP contribution in [0.4, 0.5) is 5.69 Å². The zero-order valence-corrected chi connectivity index (χ0v) is 11.1. The highest BCUT2D eigenvalue weighted by atomic mass is 16.6. The first kappa shape index (κ1) is 13.7. The molecular weight excluding hydrogens is 264 g/mol. The Labute approximate surface area is 113 Å². The highest BCUT2D eigenvalue weighted by molar-refractivity contribution is 5.86. The van der Waals surface area contributed by atoms with Gasteiger partial charge in [0.2, 0.25) is 5.82 Å². The molecule has 0 saturated heterocycles. The van der Waals surface area contributed by atoms with E-state index in [0.29, 0.717) is 11.4 Å². The van der Waals surface area contributed by atoms with Crippen molar-refractivity contribution < 1.29 is 14.8 Å². The van der Waals surface area contributed by atoms with Gasteiger partial charge in [0.1, 0.15) is 0 Å². The molecule has 0 aliphatic rings. The van der Waals surface area contributed by atoms with Gasteiger partial charge in [-0.05, 0) is 32.4 Å². The quantitative estimate of drug-likeness (QED) is 0.675. The molecule has 0 saturated carbocycles. The van der Waals surface area contributed by atoms with Gasteiger partial charge in [-0.25, -0.2) is 14.5 Å². The van der Waals surface area contributed by atoms with Crippen LogP contribution >= 0.6 is 0 Å². The maximum Gasteiger partial charge on any atom is 0.354 e. The van der Waals surface area contributed by atoms with Gasteiger partial charge in [0, 0.05) is 11.8 Å². The number of carbonyl (C=O) groups is 1. The van der Waals surface area contributed by atoms with Crippen molar-refractivity contribution in [2.75, 3.05) is 0 Å².